The Morgan fingerprint density at radius 1 is 1.21 bits per heavy atom. The third-order valence-electron chi connectivity index (χ3n) is 4.27. The minimum atomic E-state index is 0.184. The molecule has 0 N–H and O–H groups in total. The number of aryl methyl sites for hydroxylation is 1. The lowest BCUT2D eigenvalue weighted by atomic mass is 10.1. The molecule has 0 bridgehead atoms. The first-order chi connectivity index (χ1) is 11.7. The maximum atomic E-state index is 6.01. The lowest BCUT2D eigenvalue weighted by molar-refractivity contribution is 0.164. The summed E-state index contributed by atoms with van der Waals surface area (Å²) < 4.78 is 17.1. The highest BCUT2D eigenvalue weighted by Gasteiger charge is 2.24. The second-order valence-corrected chi connectivity index (χ2v) is 6.25. The Morgan fingerprint density at radius 3 is 2.88 bits per heavy atom. The van der Waals surface area contributed by atoms with Crippen molar-refractivity contribution in [3.05, 3.63) is 59.7 Å². The molecule has 0 saturated carbocycles. The van der Waals surface area contributed by atoms with E-state index in [-0.39, 0.29) is 6.10 Å². The van der Waals surface area contributed by atoms with Crippen LogP contribution in [-0.2, 0) is 13.0 Å². The van der Waals surface area contributed by atoms with Gasteiger partial charge in [-0.3, -0.25) is 4.90 Å². The van der Waals surface area contributed by atoms with E-state index < -0.39 is 0 Å². The summed E-state index contributed by atoms with van der Waals surface area (Å²) in [6.45, 7) is 3.49. The fraction of sp³-hybridized carbons (Fsp3) is 0.316. The van der Waals surface area contributed by atoms with E-state index in [1.807, 2.05) is 31.2 Å². The Balaban J connectivity index is 1.39. The fourth-order valence-electron chi connectivity index (χ4n) is 3.10. The third-order valence-corrected chi connectivity index (χ3v) is 4.27. The van der Waals surface area contributed by atoms with Crippen molar-refractivity contribution in [2.75, 3.05) is 13.6 Å². The molecule has 124 valence electrons. The highest BCUT2D eigenvalue weighted by Crippen LogP contribution is 2.29. The molecule has 1 atom stereocenters. The number of para-hydroxylation sites is 1. The van der Waals surface area contributed by atoms with Gasteiger partial charge in [0.25, 0.3) is 5.89 Å². The number of nitrogens with zero attached hydrogens (tertiary/aromatic N) is 2. The van der Waals surface area contributed by atoms with E-state index in [0.29, 0.717) is 18.2 Å². The maximum Gasteiger partial charge on any atom is 0.263 e. The minimum Gasteiger partial charge on any atom is -0.488 e. The molecule has 0 saturated heterocycles. The summed E-state index contributed by atoms with van der Waals surface area (Å²) in [5, 5.41) is 0. The molecule has 5 heteroatoms. The van der Waals surface area contributed by atoms with Gasteiger partial charge in [-0.1, -0.05) is 18.2 Å². The monoisotopic (exact) mass is 324 g/mol. The van der Waals surface area contributed by atoms with Crippen molar-refractivity contribution in [1.29, 1.82) is 0 Å². The van der Waals surface area contributed by atoms with Gasteiger partial charge in [0.2, 0.25) is 0 Å². The van der Waals surface area contributed by atoms with Gasteiger partial charge in [-0.15, -0.1) is 0 Å². The smallest absolute Gasteiger partial charge is 0.263 e. The number of furan rings is 1. The number of ether oxygens (including phenoxy) is 1. The topological polar surface area (TPSA) is 51.6 Å². The Morgan fingerprint density at radius 2 is 2.08 bits per heavy atom. The van der Waals surface area contributed by atoms with Crippen LogP contribution in [0.2, 0.25) is 0 Å². The fourth-order valence-corrected chi connectivity index (χ4v) is 3.10. The SMILES string of the molecule is Cc1oc(-c2ccco2)nc1CN(C)C[C@@H]1Cc2ccccc2O1. The molecule has 0 fully saturated rings. The summed E-state index contributed by atoms with van der Waals surface area (Å²) in [5.74, 6) is 3.02. The molecule has 5 nitrogen and oxygen atoms in total. The molecule has 0 amide bonds. The summed E-state index contributed by atoms with van der Waals surface area (Å²) in [4.78, 5) is 6.78. The number of rotatable bonds is 5. The Kier molecular flexibility index (Phi) is 3.86. The third kappa shape index (κ3) is 2.95. The van der Waals surface area contributed by atoms with Crippen molar-refractivity contribution in [2.24, 2.45) is 0 Å². The van der Waals surface area contributed by atoms with Gasteiger partial charge in [0.1, 0.15) is 17.6 Å². The van der Waals surface area contributed by atoms with Crippen LogP contribution in [0.1, 0.15) is 17.0 Å². The van der Waals surface area contributed by atoms with Gasteiger partial charge in [-0.05, 0) is 37.7 Å². The van der Waals surface area contributed by atoms with E-state index in [4.69, 9.17) is 13.6 Å². The van der Waals surface area contributed by atoms with Crippen LogP contribution in [-0.4, -0.2) is 29.6 Å². The molecule has 0 radical (unpaired) electrons. The molecule has 0 aliphatic carbocycles. The van der Waals surface area contributed by atoms with Crippen molar-refractivity contribution in [1.82, 2.24) is 9.88 Å². The zero-order valence-corrected chi connectivity index (χ0v) is 13.9. The van der Waals surface area contributed by atoms with Gasteiger partial charge >= 0.3 is 0 Å². The van der Waals surface area contributed by atoms with E-state index in [0.717, 1.165) is 30.2 Å². The molecule has 2 aromatic heterocycles. The quantitative estimate of drug-likeness (QED) is 0.716. The van der Waals surface area contributed by atoms with Gasteiger partial charge in [-0.25, -0.2) is 4.98 Å². The second kappa shape index (κ2) is 6.17. The summed E-state index contributed by atoms with van der Waals surface area (Å²) in [5.41, 5.74) is 2.22. The Bertz CT molecular complexity index is 798. The number of benzene rings is 1. The summed E-state index contributed by atoms with van der Waals surface area (Å²) in [6, 6.07) is 11.9. The highest BCUT2D eigenvalue weighted by atomic mass is 16.5. The molecule has 1 aliphatic heterocycles. The van der Waals surface area contributed by atoms with Gasteiger partial charge < -0.3 is 13.6 Å². The predicted molar refractivity (Wildman–Crippen MR) is 89.8 cm³/mol. The lowest BCUT2D eigenvalue weighted by Gasteiger charge is -2.19. The first kappa shape index (κ1) is 15.0. The average Bonchev–Trinajstić information content (AvgIpc) is 3.27. The number of oxazole rings is 1. The van der Waals surface area contributed by atoms with Crippen LogP contribution in [0.15, 0.2) is 51.5 Å². The van der Waals surface area contributed by atoms with E-state index in [9.17, 15) is 0 Å². The van der Waals surface area contributed by atoms with Crippen molar-refractivity contribution >= 4 is 0 Å². The molecule has 4 rings (SSSR count). The Labute approximate surface area is 140 Å². The number of fused-ring (bicyclic) bond motifs is 1. The van der Waals surface area contributed by atoms with E-state index in [1.54, 1.807) is 6.26 Å². The molecular formula is C19H20N2O3. The first-order valence-electron chi connectivity index (χ1n) is 8.12. The molecule has 3 heterocycles. The molecular weight excluding hydrogens is 304 g/mol. The van der Waals surface area contributed by atoms with Crippen LogP contribution in [0, 0.1) is 6.92 Å². The molecule has 0 unspecified atom stereocenters. The van der Waals surface area contributed by atoms with Crippen molar-refractivity contribution in [2.45, 2.75) is 26.0 Å². The van der Waals surface area contributed by atoms with E-state index in [2.05, 4.69) is 29.1 Å². The van der Waals surface area contributed by atoms with Crippen LogP contribution in [0.5, 0.6) is 5.75 Å². The summed E-state index contributed by atoms with van der Waals surface area (Å²) in [6.07, 6.45) is 2.76. The number of likely N-dealkylation sites (N-methyl/N-ethyl adjacent to an activating group) is 1. The minimum absolute atomic E-state index is 0.184. The molecule has 24 heavy (non-hydrogen) atoms. The average molecular weight is 324 g/mol. The summed E-state index contributed by atoms with van der Waals surface area (Å²) >= 11 is 0. The van der Waals surface area contributed by atoms with Crippen molar-refractivity contribution in [3.8, 4) is 17.4 Å². The van der Waals surface area contributed by atoms with Crippen LogP contribution >= 0.6 is 0 Å². The number of hydrogen-bond donors (Lipinski definition) is 0. The summed E-state index contributed by atoms with van der Waals surface area (Å²) in [7, 11) is 2.08. The zero-order chi connectivity index (χ0) is 16.5. The second-order valence-electron chi connectivity index (χ2n) is 6.25. The van der Waals surface area contributed by atoms with Crippen LogP contribution < -0.4 is 4.74 Å². The number of aromatic nitrogens is 1. The highest BCUT2D eigenvalue weighted by molar-refractivity contribution is 5.44. The van der Waals surface area contributed by atoms with Gasteiger partial charge in [0.05, 0.1) is 12.0 Å². The number of hydrogen-bond acceptors (Lipinski definition) is 5. The van der Waals surface area contributed by atoms with Gasteiger partial charge in [0.15, 0.2) is 5.76 Å². The largest absolute Gasteiger partial charge is 0.488 e. The Hall–Kier alpha value is -2.53. The normalized spacial score (nSPS) is 16.4. The van der Waals surface area contributed by atoms with Crippen LogP contribution in [0.4, 0.5) is 0 Å². The molecule has 3 aromatic rings. The standard InChI is InChI=1S/C19H20N2O3/c1-13-16(20-19(23-13)18-8-5-9-22-18)12-21(2)11-15-10-14-6-3-4-7-17(14)24-15/h3-9,15H,10-12H2,1-2H3/t15-/m0/s1. The molecule has 1 aromatic carbocycles. The van der Waals surface area contributed by atoms with E-state index in [1.165, 1.54) is 5.56 Å². The van der Waals surface area contributed by atoms with Crippen molar-refractivity contribution < 1.29 is 13.6 Å². The lowest BCUT2D eigenvalue weighted by Crippen LogP contribution is -2.31. The zero-order valence-electron chi connectivity index (χ0n) is 13.9. The van der Waals surface area contributed by atoms with Gasteiger partial charge in [0, 0.05) is 19.5 Å². The molecule has 0 spiro atoms. The van der Waals surface area contributed by atoms with E-state index >= 15 is 0 Å². The maximum absolute atomic E-state index is 6.01. The predicted octanol–water partition coefficient (Wildman–Crippen LogP) is 3.68. The van der Waals surface area contributed by atoms with Crippen LogP contribution in [0.25, 0.3) is 11.7 Å². The van der Waals surface area contributed by atoms with Gasteiger partial charge in [-0.2, -0.15) is 0 Å². The van der Waals surface area contributed by atoms with Crippen molar-refractivity contribution in [3.63, 3.8) is 0 Å². The first-order valence-corrected chi connectivity index (χ1v) is 8.12. The molecule has 1 aliphatic rings. The van der Waals surface area contributed by atoms with Crippen LogP contribution in [0.3, 0.4) is 0 Å².